The Labute approximate surface area is 165 Å². The molecule has 26 heavy (non-hydrogen) atoms. The Kier molecular flexibility index (Phi) is 6.40. The van der Waals surface area contributed by atoms with E-state index < -0.39 is 0 Å². The standard InChI is InChI=1S/C18H16Cl2FN3OS/c1-2-24-17(10-25-16-9-13(19)7-8-14(16)20)22-23-18(24)26-11-12-5-3-4-6-15(12)21/h3-9H,2,10-11H2,1H3. The van der Waals surface area contributed by atoms with Crippen molar-refractivity contribution in [2.75, 3.05) is 0 Å². The summed E-state index contributed by atoms with van der Waals surface area (Å²) in [5, 5.41) is 10.1. The molecular weight excluding hydrogens is 396 g/mol. The number of halogens is 3. The summed E-state index contributed by atoms with van der Waals surface area (Å²) in [6.07, 6.45) is 0. The molecule has 0 bridgehead atoms. The van der Waals surface area contributed by atoms with Crippen molar-refractivity contribution in [3.05, 3.63) is 69.7 Å². The van der Waals surface area contributed by atoms with E-state index in [4.69, 9.17) is 27.9 Å². The first kappa shape index (κ1) is 19.0. The van der Waals surface area contributed by atoms with Gasteiger partial charge < -0.3 is 9.30 Å². The van der Waals surface area contributed by atoms with Gasteiger partial charge in [0.15, 0.2) is 11.0 Å². The summed E-state index contributed by atoms with van der Waals surface area (Å²) in [5.41, 5.74) is 0.631. The van der Waals surface area contributed by atoms with Gasteiger partial charge >= 0.3 is 0 Å². The summed E-state index contributed by atoms with van der Waals surface area (Å²) in [5.74, 6) is 1.41. The third-order valence-corrected chi connectivity index (χ3v) is 5.24. The quantitative estimate of drug-likeness (QED) is 0.473. The van der Waals surface area contributed by atoms with Gasteiger partial charge in [-0.3, -0.25) is 0 Å². The minimum absolute atomic E-state index is 0.209. The van der Waals surface area contributed by atoms with Crippen LogP contribution in [0.3, 0.4) is 0 Å². The van der Waals surface area contributed by atoms with Gasteiger partial charge in [0.2, 0.25) is 0 Å². The first-order valence-corrected chi connectivity index (χ1v) is 9.68. The molecule has 0 saturated heterocycles. The molecule has 3 aromatic rings. The molecule has 8 heteroatoms. The van der Waals surface area contributed by atoms with Crippen LogP contribution in [0.25, 0.3) is 0 Å². The van der Waals surface area contributed by atoms with Crippen molar-refractivity contribution < 1.29 is 9.13 Å². The predicted octanol–water partition coefficient (Wildman–Crippen LogP) is 5.62. The van der Waals surface area contributed by atoms with Crippen LogP contribution in [-0.2, 0) is 18.9 Å². The highest BCUT2D eigenvalue weighted by Crippen LogP contribution is 2.29. The van der Waals surface area contributed by atoms with Crippen molar-refractivity contribution in [3.8, 4) is 5.75 Å². The molecule has 0 N–H and O–H groups in total. The normalized spacial score (nSPS) is 10.9. The molecule has 0 aliphatic rings. The zero-order valence-electron chi connectivity index (χ0n) is 14.0. The van der Waals surface area contributed by atoms with E-state index >= 15 is 0 Å². The number of rotatable bonds is 7. The number of nitrogens with zero attached hydrogens (tertiary/aromatic N) is 3. The van der Waals surface area contributed by atoms with Gasteiger partial charge in [0.25, 0.3) is 0 Å². The van der Waals surface area contributed by atoms with Crippen LogP contribution >= 0.6 is 35.0 Å². The van der Waals surface area contributed by atoms with E-state index in [9.17, 15) is 4.39 Å². The molecule has 0 aliphatic heterocycles. The van der Waals surface area contributed by atoms with E-state index in [1.807, 2.05) is 17.6 Å². The van der Waals surface area contributed by atoms with Crippen LogP contribution in [0.15, 0.2) is 47.6 Å². The summed E-state index contributed by atoms with van der Waals surface area (Å²) >= 11 is 13.5. The van der Waals surface area contributed by atoms with Crippen molar-refractivity contribution >= 4 is 35.0 Å². The summed E-state index contributed by atoms with van der Waals surface area (Å²) < 4.78 is 21.4. The number of benzene rings is 2. The molecular formula is C18H16Cl2FN3OS. The van der Waals surface area contributed by atoms with Crippen LogP contribution < -0.4 is 4.74 Å². The smallest absolute Gasteiger partial charge is 0.191 e. The van der Waals surface area contributed by atoms with Crippen LogP contribution in [0.2, 0.25) is 10.0 Å². The maximum absolute atomic E-state index is 13.8. The molecule has 1 aromatic heterocycles. The van der Waals surface area contributed by atoms with Crippen LogP contribution in [0, 0.1) is 5.82 Å². The molecule has 0 fully saturated rings. The highest BCUT2D eigenvalue weighted by molar-refractivity contribution is 7.98. The number of ether oxygens (including phenoxy) is 1. The molecule has 0 spiro atoms. The third kappa shape index (κ3) is 4.50. The van der Waals surface area contributed by atoms with Crippen molar-refractivity contribution in [2.24, 2.45) is 0 Å². The molecule has 0 saturated carbocycles. The third-order valence-electron chi connectivity index (χ3n) is 3.67. The fourth-order valence-electron chi connectivity index (χ4n) is 2.34. The topological polar surface area (TPSA) is 39.9 Å². The molecule has 4 nitrogen and oxygen atoms in total. The Morgan fingerprint density at radius 3 is 2.73 bits per heavy atom. The molecule has 2 aromatic carbocycles. The first-order chi connectivity index (χ1) is 12.6. The Morgan fingerprint density at radius 2 is 1.96 bits per heavy atom. The van der Waals surface area contributed by atoms with Gasteiger partial charge in [-0.05, 0) is 30.7 Å². The first-order valence-electron chi connectivity index (χ1n) is 7.94. The molecule has 136 valence electrons. The summed E-state index contributed by atoms with van der Waals surface area (Å²) in [4.78, 5) is 0. The van der Waals surface area contributed by atoms with E-state index in [0.29, 0.717) is 44.6 Å². The Bertz CT molecular complexity index is 904. The Hall–Kier alpha value is -1.76. The predicted molar refractivity (Wildman–Crippen MR) is 102 cm³/mol. The highest BCUT2D eigenvalue weighted by Gasteiger charge is 2.14. The van der Waals surface area contributed by atoms with Crippen LogP contribution in [0.1, 0.15) is 18.3 Å². The highest BCUT2D eigenvalue weighted by atomic mass is 35.5. The second-order valence-corrected chi connectivity index (χ2v) is 7.17. The second-order valence-electron chi connectivity index (χ2n) is 5.39. The summed E-state index contributed by atoms with van der Waals surface area (Å²) in [6, 6.07) is 11.7. The van der Waals surface area contributed by atoms with Gasteiger partial charge in [0.1, 0.15) is 18.2 Å². The largest absolute Gasteiger partial charge is 0.484 e. The zero-order chi connectivity index (χ0) is 18.5. The second kappa shape index (κ2) is 8.75. The lowest BCUT2D eigenvalue weighted by Gasteiger charge is -2.10. The minimum Gasteiger partial charge on any atom is -0.484 e. The van der Waals surface area contributed by atoms with Crippen molar-refractivity contribution in [3.63, 3.8) is 0 Å². The zero-order valence-corrected chi connectivity index (χ0v) is 16.3. The van der Waals surface area contributed by atoms with Gasteiger partial charge in [0, 0.05) is 23.4 Å². The fraction of sp³-hybridized carbons (Fsp3) is 0.222. The number of hydrogen-bond acceptors (Lipinski definition) is 4. The maximum Gasteiger partial charge on any atom is 0.191 e. The maximum atomic E-state index is 13.8. The minimum atomic E-state index is -0.221. The van der Waals surface area contributed by atoms with Crippen molar-refractivity contribution in [2.45, 2.75) is 31.0 Å². The average Bonchev–Trinajstić information content (AvgIpc) is 3.03. The van der Waals surface area contributed by atoms with Crippen molar-refractivity contribution in [1.29, 1.82) is 0 Å². The van der Waals surface area contributed by atoms with Gasteiger partial charge in [-0.15, -0.1) is 10.2 Å². The molecule has 0 aliphatic carbocycles. The molecule has 3 rings (SSSR count). The summed E-state index contributed by atoms with van der Waals surface area (Å²) in [7, 11) is 0. The average molecular weight is 412 g/mol. The van der Waals surface area contributed by atoms with Crippen LogP contribution in [-0.4, -0.2) is 14.8 Å². The SMILES string of the molecule is CCn1c(COc2cc(Cl)ccc2Cl)nnc1SCc1ccccc1F. The number of thioether (sulfide) groups is 1. The van der Waals surface area contributed by atoms with Gasteiger partial charge in [-0.1, -0.05) is 53.2 Å². The van der Waals surface area contributed by atoms with E-state index in [2.05, 4.69) is 10.2 Å². The molecule has 0 atom stereocenters. The van der Waals surface area contributed by atoms with Gasteiger partial charge in [-0.25, -0.2) is 4.39 Å². The fourth-order valence-corrected chi connectivity index (χ4v) is 3.68. The van der Waals surface area contributed by atoms with E-state index in [-0.39, 0.29) is 12.4 Å². The van der Waals surface area contributed by atoms with Crippen LogP contribution in [0.5, 0.6) is 5.75 Å². The number of aromatic nitrogens is 3. The molecule has 1 heterocycles. The monoisotopic (exact) mass is 411 g/mol. The lowest BCUT2D eigenvalue weighted by atomic mass is 10.2. The van der Waals surface area contributed by atoms with Gasteiger partial charge in [-0.2, -0.15) is 0 Å². The van der Waals surface area contributed by atoms with E-state index in [1.54, 1.807) is 30.3 Å². The van der Waals surface area contributed by atoms with Crippen LogP contribution in [0.4, 0.5) is 4.39 Å². The Balaban J connectivity index is 1.70. The molecule has 0 unspecified atom stereocenters. The lowest BCUT2D eigenvalue weighted by molar-refractivity contribution is 0.288. The van der Waals surface area contributed by atoms with E-state index in [0.717, 1.165) is 0 Å². The summed E-state index contributed by atoms with van der Waals surface area (Å²) in [6.45, 7) is 2.88. The Morgan fingerprint density at radius 1 is 1.15 bits per heavy atom. The van der Waals surface area contributed by atoms with E-state index in [1.165, 1.54) is 17.8 Å². The van der Waals surface area contributed by atoms with Gasteiger partial charge in [0.05, 0.1) is 5.02 Å². The van der Waals surface area contributed by atoms with Crippen molar-refractivity contribution in [1.82, 2.24) is 14.8 Å². The molecule has 0 amide bonds. The number of hydrogen-bond donors (Lipinski definition) is 0. The molecule has 0 radical (unpaired) electrons. The lowest BCUT2D eigenvalue weighted by Crippen LogP contribution is -2.07.